The number of hydrogen-bond donors (Lipinski definition) is 1. The summed E-state index contributed by atoms with van der Waals surface area (Å²) >= 11 is 0. The molecule has 1 aliphatic rings. The van der Waals surface area contributed by atoms with Gasteiger partial charge in [-0.3, -0.25) is 0 Å². The van der Waals surface area contributed by atoms with Crippen LogP contribution in [0.1, 0.15) is 77.4 Å². The maximum absolute atomic E-state index is 5.68. The molecule has 1 N–H and O–H groups in total. The van der Waals surface area contributed by atoms with E-state index in [0.717, 1.165) is 25.3 Å². The lowest BCUT2D eigenvalue weighted by atomic mass is 9.86. The first-order valence-electron chi connectivity index (χ1n) is 8.28. The molecule has 120 valence electrons. The predicted octanol–water partition coefficient (Wildman–Crippen LogP) is 3.37. The normalized spacial score (nSPS) is 23.4. The van der Waals surface area contributed by atoms with Crippen LogP contribution in [-0.2, 0) is 10.3 Å². The van der Waals surface area contributed by atoms with Crippen LogP contribution in [-0.4, -0.2) is 29.3 Å². The fraction of sp³-hybridized carbons (Fsp3) is 0.875. The molecule has 0 saturated heterocycles. The third-order valence-electron chi connectivity index (χ3n) is 4.24. The van der Waals surface area contributed by atoms with Crippen LogP contribution in [0.2, 0.25) is 0 Å². The van der Waals surface area contributed by atoms with Crippen molar-refractivity contribution >= 4 is 0 Å². The molecule has 0 radical (unpaired) electrons. The number of rotatable bonds is 7. The molecule has 2 rings (SSSR count). The first-order valence-corrected chi connectivity index (χ1v) is 8.28. The summed E-state index contributed by atoms with van der Waals surface area (Å²) in [6, 6.07) is 0.656. The smallest absolute Gasteiger partial charge is 0.229 e. The quantitative estimate of drug-likeness (QED) is 0.835. The van der Waals surface area contributed by atoms with E-state index in [1.807, 2.05) is 20.8 Å². The van der Waals surface area contributed by atoms with E-state index in [1.165, 1.54) is 19.3 Å². The zero-order chi connectivity index (χ0) is 15.3. The molecule has 1 heterocycles. The van der Waals surface area contributed by atoms with Gasteiger partial charge in [-0.25, -0.2) is 0 Å². The van der Waals surface area contributed by atoms with Crippen molar-refractivity contribution < 1.29 is 9.26 Å². The molecular formula is C16H29N3O2. The molecule has 0 spiro atoms. The molecule has 0 aliphatic heterocycles. The third kappa shape index (κ3) is 4.27. The van der Waals surface area contributed by atoms with E-state index in [4.69, 9.17) is 9.26 Å². The van der Waals surface area contributed by atoms with Gasteiger partial charge in [0.05, 0.1) is 0 Å². The van der Waals surface area contributed by atoms with Crippen LogP contribution in [0.15, 0.2) is 4.52 Å². The van der Waals surface area contributed by atoms with Gasteiger partial charge in [-0.05, 0) is 59.4 Å². The number of nitrogens with zero attached hydrogens (tertiary/aromatic N) is 2. The highest BCUT2D eigenvalue weighted by Gasteiger charge is 2.31. The van der Waals surface area contributed by atoms with Gasteiger partial charge in [0.25, 0.3) is 0 Å². The Hall–Kier alpha value is -0.940. The SMILES string of the molecule is CCCNC1CCC(c2nc(C(C)(C)OCC)no2)CC1. The van der Waals surface area contributed by atoms with E-state index >= 15 is 0 Å². The second-order valence-electron chi connectivity index (χ2n) is 6.40. The molecule has 0 atom stereocenters. The van der Waals surface area contributed by atoms with Crippen LogP contribution in [0.5, 0.6) is 0 Å². The van der Waals surface area contributed by atoms with Crippen LogP contribution >= 0.6 is 0 Å². The van der Waals surface area contributed by atoms with Gasteiger partial charge in [-0.1, -0.05) is 12.1 Å². The fourth-order valence-corrected chi connectivity index (χ4v) is 2.96. The van der Waals surface area contributed by atoms with Crippen LogP contribution in [0.25, 0.3) is 0 Å². The summed E-state index contributed by atoms with van der Waals surface area (Å²) < 4.78 is 11.2. The molecule has 21 heavy (non-hydrogen) atoms. The molecular weight excluding hydrogens is 266 g/mol. The second-order valence-corrected chi connectivity index (χ2v) is 6.40. The van der Waals surface area contributed by atoms with Crippen molar-refractivity contribution in [3.8, 4) is 0 Å². The molecule has 0 bridgehead atoms. The maximum atomic E-state index is 5.68. The van der Waals surface area contributed by atoms with Crippen molar-refractivity contribution in [1.82, 2.24) is 15.5 Å². The Kier molecular flexibility index (Phi) is 5.76. The Balaban J connectivity index is 1.91. The lowest BCUT2D eigenvalue weighted by molar-refractivity contribution is -0.0221. The topological polar surface area (TPSA) is 60.2 Å². The van der Waals surface area contributed by atoms with E-state index in [1.54, 1.807) is 0 Å². The number of hydrogen-bond acceptors (Lipinski definition) is 5. The summed E-state index contributed by atoms with van der Waals surface area (Å²) in [6.07, 6.45) is 5.82. The van der Waals surface area contributed by atoms with Gasteiger partial charge < -0.3 is 14.6 Å². The summed E-state index contributed by atoms with van der Waals surface area (Å²) in [5.74, 6) is 1.85. The van der Waals surface area contributed by atoms with E-state index in [-0.39, 0.29) is 0 Å². The molecule has 1 fully saturated rings. The summed E-state index contributed by atoms with van der Waals surface area (Å²) in [6.45, 7) is 9.91. The van der Waals surface area contributed by atoms with Crippen molar-refractivity contribution in [2.75, 3.05) is 13.2 Å². The van der Waals surface area contributed by atoms with Crippen molar-refractivity contribution in [2.45, 2.75) is 77.4 Å². The summed E-state index contributed by atoms with van der Waals surface area (Å²) in [5, 5.41) is 7.73. The summed E-state index contributed by atoms with van der Waals surface area (Å²) in [7, 11) is 0. The van der Waals surface area contributed by atoms with E-state index in [0.29, 0.717) is 24.4 Å². The van der Waals surface area contributed by atoms with Gasteiger partial charge in [0.1, 0.15) is 5.60 Å². The zero-order valence-electron chi connectivity index (χ0n) is 13.8. The van der Waals surface area contributed by atoms with Crippen molar-refractivity contribution in [1.29, 1.82) is 0 Å². The van der Waals surface area contributed by atoms with Gasteiger partial charge in [0.2, 0.25) is 11.7 Å². The highest BCUT2D eigenvalue weighted by Crippen LogP contribution is 2.33. The highest BCUT2D eigenvalue weighted by molar-refractivity contribution is 5.02. The lowest BCUT2D eigenvalue weighted by Crippen LogP contribution is -2.33. The fourth-order valence-electron chi connectivity index (χ4n) is 2.96. The molecule has 0 amide bonds. The number of aromatic nitrogens is 2. The Morgan fingerprint density at radius 1 is 1.24 bits per heavy atom. The van der Waals surface area contributed by atoms with Crippen LogP contribution in [0.4, 0.5) is 0 Å². The third-order valence-corrected chi connectivity index (χ3v) is 4.24. The van der Waals surface area contributed by atoms with Crippen molar-refractivity contribution in [2.24, 2.45) is 0 Å². The van der Waals surface area contributed by atoms with E-state index in [9.17, 15) is 0 Å². The molecule has 1 aromatic rings. The van der Waals surface area contributed by atoms with Gasteiger partial charge in [-0.2, -0.15) is 4.98 Å². The average molecular weight is 295 g/mol. The van der Waals surface area contributed by atoms with E-state index < -0.39 is 5.60 Å². The van der Waals surface area contributed by atoms with Gasteiger partial charge in [-0.15, -0.1) is 0 Å². The molecule has 1 aromatic heterocycles. The molecule has 1 saturated carbocycles. The zero-order valence-corrected chi connectivity index (χ0v) is 13.8. The first kappa shape index (κ1) is 16.4. The minimum absolute atomic E-state index is 0.406. The maximum Gasteiger partial charge on any atom is 0.229 e. The summed E-state index contributed by atoms with van der Waals surface area (Å²) in [5.41, 5.74) is -0.476. The average Bonchev–Trinajstić information content (AvgIpc) is 2.96. The highest BCUT2D eigenvalue weighted by atomic mass is 16.5. The molecule has 5 heteroatoms. The van der Waals surface area contributed by atoms with E-state index in [2.05, 4.69) is 22.4 Å². The van der Waals surface area contributed by atoms with Crippen LogP contribution < -0.4 is 5.32 Å². The Labute approximate surface area is 127 Å². The van der Waals surface area contributed by atoms with Gasteiger partial charge in [0, 0.05) is 18.6 Å². The van der Waals surface area contributed by atoms with Crippen LogP contribution in [0, 0.1) is 0 Å². The second kappa shape index (κ2) is 7.36. The van der Waals surface area contributed by atoms with Crippen LogP contribution in [0.3, 0.4) is 0 Å². The molecule has 0 unspecified atom stereocenters. The standard InChI is InChI=1S/C16H29N3O2/c1-5-11-17-13-9-7-12(8-10-13)14-18-15(19-21-14)16(3,4)20-6-2/h12-13,17H,5-11H2,1-4H3. The minimum Gasteiger partial charge on any atom is -0.368 e. The number of nitrogens with one attached hydrogen (secondary N) is 1. The van der Waals surface area contributed by atoms with Gasteiger partial charge >= 0.3 is 0 Å². The Bertz CT molecular complexity index is 423. The first-order chi connectivity index (χ1) is 10.1. The Morgan fingerprint density at radius 2 is 1.95 bits per heavy atom. The predicted molar refractivity (Wildman–Crippen MR) is 82.2 cm³/mol. The summed E-state index contributed by atoms with van der Waals surface area (Å²) in [4.78, 5) is 4.59. The Morgan fingerprint density at radius 3 is 2.57 bits per heavy atom. The minimum atomic E-state index is -0.476. The number of ether oxygens (including phenoxy) is 1. The van der Waals surface area contributed by atoms with Gasteiger partial charge in [0.15, 0.2) is 0 Å². The largest absolute Gasteiger partial charge is 0.368 e. The molecule has 1 aliphatic carbocycles. The molecule has 0 aromatic carbocycles. The lowest BCUT2D eigenvalue weighted by Gasteiger charge is -2.27. The van der Waals surface area contributed by atoms with Crippen molar-refractivity contribution in [3.63, 3.8) is 0 Å². The molecule has 5 nitrogen and oxygen atoms in total. The monoisotopic (exact) mass is 295 g/mol. The van der Waals surface area contributed by atoms with Crippen molar-refractivity contribution in [3.05, 3.63) is 11.7 Å².